The van der Waals surface area contributed by atoms with Crippen LogP contribution in [0.3, 0.4) is 0 Å². The van der Waals surface area contributed by atoms with Gasteiger partial charge in [-0.3, -0.25) is 0 Å². The summed E-state index contributed by atoms with van der Waals surface area (Å²) in [5, 5.41) is 11.0. The number of hydrogen-bond donors (Lipinski definition) is 2. The molecule has 0 bridgehead atoms. The number of hydrogen-bond acceptors (Lipinski definition) is 4. The number of rotatable bonds is 3. The van der Waals surface area contributed by atoms with E-state index < -0.39 is 0 Å². The lowest BCUT2D eigenvalue weighted by atomic mass is 10.0. The Morgan fingerprint density at radius 2 is 2.08 bits per heavy atom. The molecule has 0 aliphatic heterocycles. The summed E-state index contributed by atoms with van der Waals surface area (Å²) in [6.45, 7) is 3.95. The molecule has 74 valence electrons. The zero-order valence-electron chi connectivity index (χ0n) is 8.63. The van der Waals surface area contributed by atoms with Gasteiger partial charge in [0.2, 0.25) is 5.95 Å². The van der Waals surface area contributed by atoms with Crippen LogP contribution in [0.25, 0.3) is 0 Å². The Morgan fingerprint density at radius 1 is 1.46 bits per heavy atom. The summed E-state index contributed by atoms with van der Waals surface area (Å²) in [6.07, 6.45) is 0.720. The lowest BCUT2D eigenvalue weighted by Gasteiger charge is -2.17. The molecule has 0 saturated carbocycles. The van der Waals surface area contributed by atoms with E-state index in [2.05, 4.69) is 15.5 Å². The van der Waals surface area contributed by atoms with Gasteiger partial charge in [0.1, 0.15) is 5.82 Å². The van der Waals surface area contributed by atoms with Crippen molar-refractivity contribution in [1.82, 2.24) is 14.8 Å². The third kappa shape index (κ3) is 2.42. The molecule has 1 aromatic heterocycles. The Morgan fingerprint density at radius 3 is 2.46 bits per heavy atom. The van der Waals surface area contributed by atoms with E-state index in [-0.39, 0.29) is 5.54 Å². The molecule has 1 rings (SSSR count). The molecule has 0 aliphatic rings. The van der Waals surface area contributed by atoms with E-state index in [9.17, 15) is 0 Å². The molecule has 0 atom stereocenters. The van der Waals surface area contributed by atoms with E-state index in [0.717, 1.165) is 18.2 Å². The normalized spacial score (nSPS) is 11.8. The fourth-order valence-corrected chi connectivity index (χ4v) is 1.14. The summed E-state index contributed by atoms with van der Waals surface area (Å²) in [5.41, 5.74) is 5.64. The molecule has 0 aromatic carbocycles. The first-order valence-corrected chi connectivity index (χ1v) is 4.29. The van der Waals surface area contributed by atoms with Crippen LogP contribution >= 0.6 is 0 Å². The van der Waals surface area contributed by atoms with Crippen molar-refractivity contribution in [1.29, 1.82) is 0 Å². The standard InChI is InChI=1S/C8H17N5/c1-8(2,9)5-6-11-12-7(10-3)13(6)4/h5,9H2,1-4H3,(H,10,12). The Hall–Kier alpha value is -1.10. The number of nitrogens with zero attached hydrogens (tertiary/aromatic N) is 3. The predicted octanol–water partition coefficient (Wildman–Crippen LogP) is 0.137. The maximum atomic E-state index is 5.89. The largest absolute Gasteiger partial charge is 0.357 e. The highest BCUT2D eigenvalue weighted by atomic mass is 15.3. The smallest absolute Gasteiger partial charge is 0.224 e. The minimum atomic E-state index is -0.244. The molecule has 5 nitrogen and oxygen atoms in total. The van der Waals surface area contributed by atoms with Crippen LogP contribution in [-0.4, -0.2) is 27.4 Å². The quantitative estimate of drug-likeness (QED) is 0.699. The van der Waals surface area contributed by atoms with Gasteiger partial charge in [-0.2, -0.15) is 0 Å². The highest BCUT2D eigenvalue weighted by molar-refractivity contribution is 5.24. The van der Waals surface area contributed by atoms with Gasteiger partial charge in [0, 0.05) is 26.1 Å². The number of aromatic nitrogens is 3. The number of nitrogens with two attached hydrogens (primary N) is 1. The summed E-state index contributed by atoms with van der Waals surface area (Å²) < 4.78 is 1.91. The van der Waals surface area contributed by atoms with Crippen LogP contribution in [0.1, 0.15) is 19.7 Å². The van der Waals surface area contributed by atoms with E-state index in [1.54, 1.807) is 0 Å². The van der Waals surface area contributed by atoms with Gasteiger partial charge in [-0.1, -0.05) is 0 Å². The minimum absolute atomic E-state index is 0.244. The maximum Gasteiger partial charge on any atom is 0.224 e. The van der Waals surface area contributed by atoms with Crippen molar-refractivity contribution >= 4 is 5.95 Å². The molecule has 1 heterocycles. The minimum Gasteiger partial charge on any atom is -0.357 e. The van der Waals surface area contributed by atoms with Crippen LogP contribution in [0, 0.1) is 0 Å². The summed E-state index contributed by atoms with van der Waals surface area (Å²) in [5.74, 6) is 1.66. The van der Waals surface area contributed by atoms with Crippen LogP contribution in [0.2, 0.25) is 0 Å². The summed E-state index contributed by atoms with van der Waals surface area (Å²) >= 11 is 0. The SMILES string of the molecule is CNc1nnc(CC(C)(C)N)n1C. The van der Waals surface area contributed by atoms with Gasteiger partial charge in [0.25, 0.3) is 0 Å². The van der Waals surface area contributed by atoms with E-state index >= 15 is 0 Å². The van der Waals surface area contributed by atoms with Crippen molar-refractivity contribution in [2.45, 2.75) is 25.8 Å². The van der Waals surface area contributed by atoms with Gasteiger partial charge in [0.05, 0.1) is 0 Å². The van der Waals surface area contributed by atoms with Gasteiger partial charge in [-0.25, -0.2) is 0 Å². The molecule has 0 saturated heterocycles. The zero-order chi connectivity index (χ0) is 10.1. The summed E-state index contributed by atoms with van der Waals surface area (Å²) in [6, 6.07) is 0. The summed E-state index contributed by atoms with van der Waals surface area (Å²) in [4.78, 5) is 0. The van der Waals surface area contributed by atoms with Crippen molar-refractivity contribution in [3.05, 3.63) is 5.82 Å². The van der Waals surface area contributed by atoms with Gasteiger partial charge in [0.15, 0.2) is 0 Å². The van der Waals surface area contributed by atoms with Crippen molar-refractivity contribution < 1.29 is 0 Å². The molecular weight excluding hydrogens is 166 g/mol. The average Bonchev–Trinajstić information content (AvgIpc) is 2.30. The zero-order valence-corrected chi connectivity index (χ0v) is 8.63. The average molecular weight is 183 g/mol. The molecule has 0 amide bonds. The van der Waals surface area contributed by atoms with Crippen LogP contribution in [0.15, 0.2) is 0 Å². The van der Waals surface area contributed by atoms with Crippen molar-refractivity contribution in [2.24, 2.45) is 12.8 Å². The van der Waals surface area contributed by atoms with E-state index in [1.807, 2.05) is 32.5 Å². The molecule has 3 N–H and O–H groups in total. The number of anilines is 1. The van der Waals surface area contributed by atoms with Crippen molar-refractivity contribution in [2.75, 3.05) is 12.4 Å². The molecule has 0 unspecified atom stereocenters. The monoisotopic (exact) mass is 183 g/mol. The Bertz CT molecular complexity index is 283. The third-order valence-corrected chi connectivity index (χ3v) is 1.80. The van der Waals surface area contributed by atoms with Crippen LogP contribution < -0.4 is 11.1 Å². The first kappa shape index (κ1) is 9.98. The Kier molecular flexibility index (Phi) is 2.56. The molecule has 13 heavy (non-hydrogen) atoms. The van der Waals surface area contributed by atoms with Gasteiger partial charge < -0.3 is 15.6 Å². The topological polar surface area (TPSA) is 68.8 Å². The molecule has 1 aromatic rings. The second-order valence-corrected chi connectivity index (χ2v) is 3.91. The predicted molar refractivity (Wildman–Crippen MR) is 52.5 cm³/mol. The molecule has 5 heteroatoms. The molecular formula is C8H17N5. The fraction of sp³-hybridized carbons (Fsp3) is 0.750. The van der Waals surface area contributed by atoms with E-state index in [0.29, 0.717) is 0 Å². The van der Waals surface area contributed by atoms with Crippen LogP contribution in [0.5, 0.6) is 0 Å². The van der Waals surface area contributed by atoms with Crippen molar-refractivity contribution in [3.63, 3.8) is 0 Å². The lowest BCUT2D eigenvalue weighted by Crippen LogP contribution is -2.35. The summed E-state index contributed by atoms with van der Waals surface area (Å²) in [7, 11) is 3.74. The van der Waals surface area contributed by atoms with Crippen LogP contribution in [0.4, 0.5) is 5.95 Å². The molecule has 0 spiro atoms. The Labute approximate surface area is 78.3 Å². The second-order valence-electron chi connectivity index (χ2n) is 3.91. The number of nitrogens with one attached hydrogen (secondary N) is 1. The molecule has 0 fully saturated rings. The van der Waals surface area contributed by atoms with Crippen LogP contribution in [-0.2, 0) is 13.5 Å². The molecule has 0 aliphatic carbocycles. The molecule has 0 radical (unpaired) electrons. The van der Waals surface area contributed by atoms with Gasteiger partial charge >= 0.3 is 0 Å². The van der Waals surface area contributed by atoms with Gasteiger partial charge in [-0.15, -0.1) is 10.2 Å². The van der Waals surface area contributed by atoms with Gasteiger partial charge in [-0.05, 0) is 13.8 Å². The van der Waals surface area contributed by atoms with E-state index in [1.165, 1.54) is 0 Å². The van der Waals surface area contributed by atoms with E-state index in [4.69, 9.17) is 5.73 Å². The third-order valence-electron chi connectivity index (χ3n) is 1.80. The highest BCUT2D eigenvalue weighted by Gasteiger charge is 2.16. The van der Waals surface area contributed by atoms with Crippen molar-refractivity contribution in [3.8, 4) is 0 Å². The highest BCUT2D eigenvalue weighted by Crippen LogP contribution is 2.10. The second kappa shape index (κ2) is 3.33. The first-order valence-electron chi connectivity index (χ1n) is 4.29. The lowest BCUT2D eigenvalue weighted by molar-refractivity contribution is 0.493. The first-order chi connectivity index (χ1) is 5.94. The fourth-order valence-electron chi connectivity index (χ4n) is 1.14. The Balaban J connectivity index is 2.84. The maximum absolute atomic E-state index is 5.89.